The Morgan fingerprint density at radius 3 is 2.17 bits per heavy atom. The van der Waals surface area contributed by atoms with Gasteiger partial charge in [-0.15, -0.1) is 0 Å². The first-order chi connectivity index (χ1) is 10.7. The fourth-order valence-electron chi connectivity index (χ4n) is 2.25. The van der Waals surface area contributed by atoms with Crippen molar-refractivity contribution in [1.29, 1.82) is 0 Å². The van der Waals surface area contributed by atoms with Crippen molar-refractivity contribution in [3.05, 3.63) is 51.6 Å². The molecule has 0 saturated carbocycles. The van der Waals surface area contributed by atoms with Crippen LogP contribution in [0.1, 0.15) is 38.8 Å². The van der Waals surface area contributed by atoms with Crippen LogP contribution in [0.3, 0.4) is 0 Å². The van der Waals surface area contributed by atoms with Gasteiger partial charge < -0.3 is 9.31 Å². The Morgan fingerprint density at radius 2 is 1.70 bits per heavy atom. The van der Waals surface area contributed by atoms with Crippen LogP contribution in [0.2, 0.25) is 0 Å². The van der Waals surface area contributed by atoms with Crippen molar-refractivity contribution < 1.29 is 13.7 Å². The van der Waals surface area contributed by atoms with E-state index < -0.39 is 24.0 Å². The smallest absolute Gasteiger partial charge is 0.398 e. The van der Waals surface area contributed by atoms with Crippen LogP contribution >= 0.6 is 0 Å². The molecule has 0 atom stereocenters. The Kier molecular flexibility index (Phi) is 4.85. The van der Waals surface area contributed by atoms with Crippen LogP contribution in [-0.2, 0) is 9.31 Å². The average Bonchev–Trinajstić information content (AvgIpc) is 2.69. The summed E-state index contributed by atoms with van der Waals surface area (Å²) in [6.45, 7) is 9.29. The highest BCUT2D eigenvalue weighted by atomic mass is 19.1. The van der Waals surface area contributed by atoms with E-state index in [1.165, 1.54) is 0 Å². The van der Waals surface area contributed by atoms with Crippen LogP contribution < -0.4 is 0 Å². The summed E-state index contributed by atoms with van der Waals surface area (Å²) in [4.78, 5) is 2.73. The van der Waals surface area contributed by atoms with Crippen LogP contribution in [0.25, 0.3) is 16.0 Å². The highest BCUT2D eigenvalue weighted by Crippen LogP contribution is 2.40. The molecule has 0 bridgehead atoms. The molecule has 0 aromatic heterocycles. The maximum atomic E-state index is 15.0. The van der Waals surface area contributed by atoms with Gasteiger partial charge in [0.05, 0.1) is 17.7 Å². The van der Waals surface area contributed by atoms with Gasteiger partial charge >= 0.3 is 7.12 Å². The molecular weight excluding hydrogens is 296 g/mol. The fourth-order valence-corrected chi connectivity index (χ4v) is 2.25. The highest BCUT2D eigenvalue weighted by molar-refractivity contribution is 6.55. The Bertz CT molecular complexity index is 648. The van der Waals surface area contributed by atoms with E-state index in [0.29, 0.717) is 5.56 Å². The Hall–Kier alpha value is -1.82. The lowest BCUT2D eigenvalue weighted by atomic mass is 9.82. The molecule has 1 aliphatic heterocycles. The van der Waals surface area contributed by atoms with E-state index in [9.17, 15) is 0 Å². The van der Waals surface area contributed by atoms with Crippen molar-refractivity contribution in [3.63, 3.8) is 0 Å². The van der Waals surface area contributed by atoms with Crippen LogP contribution in [0, 0.1) is 6.92 Å². The summed E-state index contributed by atoms with van der Waals surface area (Å²) >= 11 is 0. The second-order valence-electron chi connectivity index (χ2n) is 6.67. The molecule has 2 rings (SSSR count). The van der Waals surface area contributed by atoms with Gasteiger partial charge in [0.15, 0.2) is 0 Å². The molecule has 5 nitrogen and oxygen atoms in total. The minimum Gasteiger partial charge on any atom is -0.398 e. The topological polar surface area (TPSA) is 67.2 Å². The second kappa shape index (κ2) is 6.36. The van der Waals surface area contributed by atoms with Gasteiger partial charge in [-0.1, -0.05) is 34.9 Å². The first-order valence-corrected chi connectivity index (χ1v) is 7.50. The quantitative estimate of drug-likeness (QED) is 0.352. The lowest BCUT2D eigenvalue weighted by molar-refractivity contribution is 0.00578. The molecule has 1 aromatic rings. The SMILES string of the molecule is Cc1ccc(C(CN=[N+]=[N-])=C(F)B2OC(C)(C)C(C)(C)O2)cc1. The lowest BCUT2D eigenvalue weighted by Crippen LogP contribution is -2.41. The number of azide groups is 1. The van der Waals surface area contributed by atoms with Gasteiger partial charge in [-0.25, -0.2) is 4.39 Å². The molecular formula is C16H21BFN3O2. The predicted octanol–water partition coefficient (Wildman–Crippen LogP) is 4.62. The summed E-state index contributed by atoms with van der Waals surface area (Å²) in [5.41, 5.74) is 8.74. The third-order valence-electron chi connectivity index (χ3n) is 4.44. The molecule has 23 heavy (non-hydrogen) atoms. The average molecular weight is 317 g/mol. The maximum Gasteiger partial charge on any atom is 0.525 e. The van der Waals surface area contributed by atoms with E-state index in [4.69, 9.17) is 14.8 Å². The molecule has 1 saturated heterocycles. The van der Waals surface area contributed by atoms with Crippen LogP contribution in [0.4, 0.5) is 4.39 Å². The van der Waals surface area contributed by atoms with Gasteiger partial charge in [0.25, 0.3) is 0 Å². The van der Waals surface area contributed by atoms with Gasteiger partial charge in [-0.05, 0) is 51.3 Å². The van der Waals surface area contributed by atoms with Crippen molar-refractivity contribution >= 4 is 12.7 Å². The largest absolute Gasteiger partial charge is 0.525 e. The van der Waals surface area contributed by atoms with E-state index >= 15 is 4.39 Å². The molecule has 0 aliphatic carbocycles. The van der Waals surface area contributed by atoms with Crippen LogP contribution in [0.5, 0.6) is 0 Å². The van der Waals surface area contributed by atoms with E-state index in [-0.39, 0.29) is 12.1 Å². The first-order valence-electron chi connectivity index (χ1n) is 7.50. The summed E-state index contributed by atoms with van der Waals surface area (Å²) in [5.74, 6) is 0. The molecule has 0 spiro atoms. The standard InChI is InChI=1S/C16H21BFN3O2/c1-11-6-8-12(9-7-11)13(10-20-21-19)14(18)17-22-15(2,3)16(4,5)23-17/h6-9H,10H2,1-5H3. The monoisotopic (exact) mass is 317 g/mol. The van der Waals surface area contributed by atoms with Crippen molar-refractivity contribution in [3.8, 4) is 0 Å². The summed E-state index contributed by atoms with van der Waals surface area (Å²) < 4.78 is 26.5. The molecule has 1 heterocycles. The van der Waals surface area contributed by atoms with Gasteiger partial charge in [0.2, 0.25) is 0 Å². The van der Waals surface area contributed by atoms with E-state index in [1.54, 1.807) is 12.1 Å². The van der Waals surface area contributed by atoms with Gasteiger partial charge in [0.1, 0.15) is 5.73 Å². The Morgan fingerprint density at radius 1 is 1.17 bits per heavy atom. The van der Waals surface area contributed by atoms with Crippen molar-refractivity contribution in [2.75, 3.05) is 6.54 Å². The molecule has 0 radical (unpaired) electrons. The zero-order valence-electron chi connectivity index (χ0n) is 14.1. The van der Waals surface area contributed by atoms with E-state index in [0.717, 1.165) is 5.56 Å². The summed E-state index contributed by atoms with van der Waals surface area (Å²) in [5, 5.41) is 3.51. The number of hydrogen-bond donors (Lipinski definition) is 0. The van der Waals surface area contributed by atoms with Crippen LogP contribution in [0.15, 0.2) is 35.1 Å². The minimum absolute atomic E-state index is 0.102. The molecule has 1 fully saturated rings. The molecule has 1 aliphatic rings. The minimum atomic E-state index is -1.11. The molecule has 1 aromatic carbocycles. The second-order valence-corrected chi connectivity index (χ2v) is 6.67. The number of benzene rings is 1. The molecule has 0 N–H and O–H groups in total. The molecule has 122 valence electrons. The Labute approximate surface area is 136 Å². The van der Waals surface area contributed by atoms with Crippen molar-refractivity contribution in [1.82, 2.24) is 0 Å². The lowest BCUT2D eigenvalue weighted by Gasteiger charge is -2.32. The van der Waals surface area contributed by atoms with Crippen LogP contribution in [-0.4, -0.2) is 24.9 Å². The number of nitrogens with zero attached hydrogens (tertiary/aromatic N) is 3. The third kappa shape index (κ3) is 3.58. The van der Waals surface area contributed by atoms with Crippen molar-refractivity contribution in [2.45, 2.75) is 45.8 Å². The zero-order chi connectivity index (χ0) is 17.3. The third-order valence-corrected chi connectivity index (χ3v) is 4.44. The molecule has 7 heteroatoms. The first kappa shape index (κ1) is 17.5. The molecule has 0 unspecified atom stereocenters. The number of halogens is 1. The van der Waals surface area contributed by atoms with E-state index in [1.807, 2.05) is 46.8 Å². The number of aryl methyl sites for hydroxylation is 1. The maximum absolute atomic E-state index is 15.0. The number of rotatable bonds is 4. The highest BCUT2D eigenvalue weighted by Gasteiger charge is 2.53. The fraction of sp³-hybridized carbons (Fsp3) is 0.500. The summed E-state index contributed by atoms with van der Waals surface area (Å²) in [6, 6.07) is 7.34. The summed E-state index contributed by atoms with van der Waals surface area (Å²) in [7, 11) is -1.11. The van der Waals surface area contributed by atoms with Gasteiger partial charge in [-0.2, -0.15) is 0 Å². The number of hydrogen-bond acceptors (Lipinski definition) is 3. The Balaban J connectivity index is 2.42. The normalized spacial score (nSPS) is 20.0. The molecule has 0 amide bonds. The van der Waals surface area contributed by atoms with E-state index in [2.05, 4.69) is 10.0 Å². The summed E-state index contributed by atoms with van der Waals surface area (Å²) in [6.07, 6.45) is 0. The van der Waals surface area contributed by atoms with Crippen molar-refractivity contribution in [2.24, 2.45) is 5.11 Å². The zero-order valence-corrected chi connectivity index (χ0v) is 14.1. The van der Waals surface area contributed by atoms with Gasteiger partial charge in [-0.3, -0.25) is 0 Å². The van der Waals surface area contributed by atoms with Gasteiger partial charge in [0, 0.05) is 4.91 Å². The predicted molar refractivity (Wildman–Crippen MR) is 89.3 cm³/mol.